The van der Waals surface area contributed by atoms with Crippen LogP contribution in [0.1, 0.15) is 137 Å². The number of hydrogen-bond donors (Lipinski definition) is 4. The summed E-state index contributed by atoms with van der Waals surface area (Å²) in [4.78, 5) is 36.4. The van der Waals surface area contributed by atoms with Gasteiger partial charge in [-0.1, -0.05) is 72.0 Å². The van der Waals surface area contributed by atoms with E-state index < -0.39 is 0 Å². The number of carbonyl (C=O) groups is 3. The maximum absolute atomic E-state index is 12.6. The molecule has 6 rings (SSSR count). The van der Waals surface area contributed by atoms with Crippen molar-refractivity contribution >= 4 is 29.6 Å². The zero-order valence-electron chi connectivity index (χ0n) is 34.4. The molecular weight excluding hydrogens is 697 g/mol. The normalized spacial score (nSPS) is 36.0. The predicted octanol–water partition coefficient (Wildman–Crippen LogP) is 7.78. The quantitative estimate of drug-likeness (QED) is 0.0571. The van der Waals surface area contributed by atoms with Crippen LogP contribution in [0.4, 0.5) is 4.79 Å². The molecule has 3 unspecified atom stereocenters. The molecule has 4 aliphatic carbocycles. The van der Waals surface area contributed by atoms with Gasteiger partial charge in [-0.3, -0.25) is 9.59 Å². The van der Waals surface area contributed by atoms with Crippen molar-refractivity contribution in [3.05, 3.63) is 11.6 Å². The Balaban J connectivity index is 0.800. The van der Waals surface area contributed by atoms with Gasteiger partial charge in [-0.05, 0) is 117 Å². The maximum atomic E-state index is 12.6. The van der Waals surface area contributed by atoms with Gasteiger partial charge in [0.15, 0.2) is 0 Å². The summed E-state index contributed by atoms with van der Waals surface area (Å²) in [5, 5.41) is 12.4. The molecule has 9 nitrogen and oxygen atoms in total. The summed E-state index contributed by atoms with van der Waals surface area (Å²) in [5.41, 5.74) is 2.43. The van der Waals surface area contributed by atoms with Crippen LogP contribution >= 0.6 is 11.8 Å². The van der Waals surface area contributed by atoms with Crippen molar-refractivity contribution in [1.82, 2.24) is 21.3 Å². The SMILES string of the molecule is CC(C)CCC[C@@H](C)[C@H]1CC[C@H]2[C@@H]3CC=C4C[C@@H](OCC(=O)NCCCOCCNC(=O)CCCCC5SCC6NC(=O)NC65)CC[C@]4(C)[C@H]3CC[C@]12C. The Kier molecular flexibility index (Phi) is 14.8. The largest absolute Gasteiger partial charge is 0.380 e. The standard InChI is InChI=1S/C44H74N4O5S/c1-29(2)10-8-11-30(3)34-16-17-35-33-15-14-31-26-32(18-20-43(31,4)36(33)19-21-44(34,35)5)53-27-40(50)45-22-9-24-52-25-23-46-39(49)13-7-6-12-38-41-37(28-54-38)47-42(51)48-41/h14,29-30,32-38,41H,6-13,15-28H2,1-5H3,(H,45,50)(H,46,49)(H2,47,48,51)/t30-,32+,33+,34-,35+,36+,37?,38?,41?,43+,44-/m1/s1. The maximum Gasteiger partial charge on any atom is 0.315 e. The molecule has 10 heteroatoms. The molecule has 6 aliphatic rings. The van der Waals surface area contributed by atoms with Crippen molar-refractivity contribution in [3.63, 3.8) is 0 Å². The number of urea groups is 1. The number of fused-ring (bicyclic) bond motifs is 6. The number of carbonyl (C=O) groups excluding carboxylic acids is 3. The van der Waals surface area contributed by atoms with Gasteiger partial charge in [-0.15, -0.1) is 0 Å². The van der Waals surface area contributed by atoms with Crippen LogP contribution in [-0.2, 0) is 19.1 Å². The molecular formula is C44H74N4O5S. The minimum Gasteiger partial charge on any atom is -0.380 e. The molecule has 54 heavy (non-hydrogen) atoms. The fourth-order valence-corrected chi connectivity index (χ4v) is 13.7. The van der Waals surface area contributed by atoms with Crippen molar-refractivity contribution in [2.24, 2.45) is 46.3 Å². The van der Waals surface area contributed by atoms with Gasteiger partial charge in [-0.25, -0.2) is 4.79 Å². The smallest absolute Gasteiger partial charge is 0.315 e. The molecule has 306 valence electrons. The van der Waals surface area contributed by atoms with Crippen LogP contribution in [0.15, 0.2) is 11.6 Å². The van der Waals surface area contributed by atoms with Crippen molar-refractivity contribution in [2.75, 3.05) is 38.7 Å². The van der Waals surface area contributed by atoms with Gasteiger partial charge in [0.05, 0.1) is 24.8 Å². The van der Waals surface area contributed by atoms with Gasteiger partial charge >= 0.3 is 6.03 Å². The summed E-state index contributed by atoms with van der Waals surface area (Å²) in [7, 11) is 0. The highest BCUT2D eigenvalue weighted by atomic mass is 32.2. The fourth-order valence-electron chi connectivity index (χ4n) is 12.2. The Morgan fingerprint density at radius 2 is 1.76 bits per heavy atom. The molecule has 0 radical (unpaired) electrons. The van der Waals surface area contributed by atoms with Crippen LogP contribution in [-0.4, -0.2) is 79.9 Å². The lowest BCUT2D eigenvalue weighted by atomic mass is 9.47. The Hall–Kier alpha value is -1.78. The highest BCUT2D eigenvalue weighted by Crippen LogP contribution is 2.67. The summed E-state index contributed by atoms with van der Waals surface area (Å²) >= 11 is 1.91. The molecule has 4 amide bonds. The van der Waals surface area contributed by atoms with Crippen molar-refractivity contribution in [3.8, 4) is 0 Å². The zero-order valence-corrected chi connectivity index (χ0v) is 35.2. The van der Waals surface area contributed by atoms with Gasteiger partial charge in [0, 0.05) is 37.1 Å². The van der Waals surface area contributed by atoms with E-state index in [4.69, 9.17) is 9.47 Å². The second kappa shape index (κ2) is 19.1. The van der Waals surface area contributed by atoms with E-state index in [-0.39, 0.29) is 42.6 Å². The van der Waals surface area contributed by atoms with E-state index in [0.717, 1.165) is 79.8 Å². The summed E-state index contributed by atoms with van der Waals surface area (Å²) in [6.45, 7) is 14.7. The number of unbranched alkanes of at least 4 members (excludes halogenated alkanes) is 1. The second-order valence-corrected chi connectivity index (χ2v) is 20.3. The third-order valence-electron chi connectivity index (χ3n) is 15.1. The lowest BCUT2D eigenvalue weighted by Gasteiger charge is -2.58. The Morgan fingerprint density at radius 1 is 0.926 bits per heavy atom. The Morgan fingerprint density at radius 3 is 2.59 bits per heavy atom. The first-order chi connectivity index (χ1) is 26.0. The van der Waals surface area contributed by atoms with E-state index in [1.165, 1.54) is 57.8 Å². The average Bonchev–Trinajstić information content (AvgIpc) is 3.81. The van der Waals surface area contributed by atoms with Crippen molar-refractivity contribution in [1.29, 1.82) is 0 Å². The molecule has 2 saturated heterocycles. The average molecular weight is 771 g/mol. The molecule has 0 aromatic carbocycles. The first-order valence-electron chi connectivity index (χ1n) is 22.1. The number of ether oxygens (including phenoxy) is 2. The highest BCUT2D eigenvalue weighted by molar-refractivity contribution is 8.00. The van der Waals surface area contributed by atoms with E-state index in [0.29, 0.717) is 48.8 Å². The molecule has 0 bridgehead atoms. The molecule has 2 aliphatic heterocycles. The van der Waals surface area contributed by atoms with E-state index >= 15 is 0 Å². The van der Waals surface area contributed by atoms with Crippen LogP contribution < -0.4 is 21.3 Å². The van der Waals surface area contributed by atoms with Gasteiger partial charge in [0.1, 0.15) is 6.61 Å². The summed E-state index contributed by atoms with van der Waals surface area (Å²) in [5.74, 6) is 6.06. The molecule has 2 heterocycles. The molecule has 0 aromatic heterocycles. The van der Waals surface area contributed by atoms with Crippen LogP contribution in [0.25, 0.3) is 0 Å². The van der Waals surface area contributed by atoms with E-state index in [1.807, 2.05) is 11.8 Å². The van der Waals surface area contributed by atoms with Gasteiger partial charge < -0.3 is 30.7 Å². The van der Waals surface area contributed by atoms with Crippen molar-refractivity contribution < 1.29 is 23.9 Å². The predicted molar refractivity (Wildman–Crippen MR) is 218 cm³/mol. The molecule has 5 fully saturated rings. The number of nitrogens with one attached hydrogen (secondary N) is 4. The van der Waals surface area contributed by atoms with E-state index in [1.54, 1.807) is 5.57 Å². The highest BCUT2D eigenvalue weighted by Gasteiger charge is 2.59. The van der Waals surface area contributed by atoms with Crippen molar-refractivity contribution in [2.45, 2.75) is 161 Å². The third kappa shape index (κ3) is 10.0. The van der Waals surface area contributed by atoms with Gasteiger partial charge in [0.2, 0.25) is 11.8 Å². The minimum atomic E-state index is -0.0521. The lowest BCUT2D eigenvalue weighted by Crippen LogP contribution is -2.51. The third-order valence-corrected chi connectivity index (χ3v) is 16.7. The van der Waals surface area contributed by atoms with Gasteiger partial charge in [0.25, 0.3) is 0 Å². The molecule has 0 spiro atoms. The Labute approximate surface area is 331 Å². The van der Waals surface area contributed by atoms with E-state index in [2.05, 4.69) is 62.0 Å². The van der Waals surface area contributed by atoms with Gasteiger partial charge in [-0.2, -0.15) is 11.8 Å². The summed E-state index contributed by atoms with van der Waals surface area (Å²) in [6, 6.07) is 0.424. The monoisotopic (exact) mass is 771 g/mol. The zero-order chi connectivity index (χ0) is 38.3. The van der Waals surface area contributed by atoms with Crippen LogP contribution in [0, 0.1) is 46.3 Å². The Bertz CT molecular complexity index is 1310. The molecule has 11 atom stereocenters. The minimum absolute atomic E-state index is 0.0509. The number of amides is 4. The lowest BCUT2D eigenvalue weighted by molar-refractivity contribution is -0.129. The van der Waals surface area contributed by atoms with Crippen LogP contribution in [0.3, 0.4) is 0 Å². The van der Waals surface area contributed by atoms with E-state index in [9.17, 15) is 14.4 Å². The topological polar surface area (TPSA) is 118 Å². The first-order valence-corrected chi connectivity index (χ1v) is 23.1. The number of rotatable bonds is 20. The molecule has 4 N–H and O–H groups in total. The fraction of sp³-hybridized carbons (Fsp3) is 0.886. The number of thioether (sulfide) groups is 1. The second-order valence-electron chi connectivity index (χ2n) is 19.0. The summed E-state index contributed by atoms with van der Waals surface area (Å²) < 4.78 is 11.9. The van der Waals surface area contributed by atoms with Crippen LogP contribution in [0.2, 0.25) is 0 Å². The molecule has 0 aromatic rings. The number of hydrogen-bond acceptors (Lipinski definition) is 6. The first kappa shape index (κ1) is 41.8. The van der Waals surface area contributed by atoms with Crippen LogP contribution in [0.5, 0.6) is 0 Å². The number of allylic oxidation sites excluding steroid dienone is 1. The molecule has 3 saturated carbocycles. The summed E-state index contributed by atoms with van der Waals surface area (Å²) in [6.07, 6.45) is 21.1.